The van der Waals surface area contributed by atoms with Crippen molar-refractivity contribution in [3.8, 4) is 0 Å². The van der Waals surface area contributed by atoms with Crippen molar-refractivity contribution in [2.45, 2.75) is 6.54 Å². The Morgan fingerprint density at radius 1 is 1.23 bits per heavy atom. The van der Waals surface area contributed by atoms with Crippen molar-refractivity contribution in [2.75, 3.05) is 31.1 Å². The number of halogens is 1. The predicted octanol–water partition coefficient (Wildman–Crippen LogP) is 3.16. The lowest BCUT2D eigenvalue weighted by atomic mass is 10.2. The molecule has 0 bridgehead atoms. The molecule has 0 N–H and O–H groups in total. The Labute approximate surface area is 133 Å². The van der Waals surface area contributed by atoms with E-state index in [0.29, 0.717) is 5.02 Å². The highest BCUT2D eigenvalue weighted by molar-refractivity contribution is 6.33. The SMILES string of the molecule is O=[N+]([O-])c1ccc(N2CCN(Cc3ccco3)CC2)c(Cl)c1. The number of piperazine rings is 1. The Hall–Kier alpha value is -2.05. The van der Waals surface area contributed by atoms with E-state index >= 15 is 0 Å². The summed E-state index contributed by atoms with van der Waals surface area (Å²) in [6.45, 7) is 4.26. The van der Waals surface area contributed by atoms with Gasteiger partial charge in [0.25, 0.3) is 5.69 Å². The molecule has 2 heterocycles. The van der Waals surface area contributed by atoms with Crippen LogP contribution in [0.5, 0.6) is 0 Å². The van der Waals surface area contributed by atoms with Gasteiger partial charge >= 0.3 is 0 Å². The molecule has 0 saturated carbocycles. The zero-order valence-corrected chi connectivity index (χ0v) is 12.7. The number of furan rings is 1. The summed E-state index contributed by atoms with van der Waals surface area (Å²) in [4.78, 5) is 14.8. The van der Waals surface area contributed by atoms with Gasteiger partial charge < -0.3 is 9.32 Å². The first-order chi connectivity index (χ1) is 10.6. The quantitative estimate of drug-likeness (QED) is 0.639. The fraction of sp³-hybridized carbons (Fsp3) is 0.333. The normalized spacial score (nSPS) is 16.0. The van der Waals surface area contributed by atoms with Crippen LogP contribution in [0.4, 0.5) is 11.4 Å². The maximum Gasteiger partial charge on any atom is 0.271 e. The van der Waals surface area contributed by atoms with E-state index in [1.807, 2.05) is 12.1 Å². The molecule has 1 aromatic heterocycles. The average molecular weight is 322 g/mol. The van der Waals surface area contributed by atoms with Crippen LogP contribution in [-0.4, -0.2) is 36.0 Å². The van der Waals surface area contributed by atoms with Crippen LogP contribution in [0.2, 0.25) is 5.02 Å². The van der Waals surface area contributed by atoms with Gasteiger partial charge in [-0.15, -0.1) is 0 Å². The van der Waals surface area contributed by atoms with E-state index in [1.165, 1.54) is 12.1 Å². The van der Waals surface area contributed by atoms with Crippen molar-refractivity contribution >= 4 is 23.0 Å². The molecule has 116 valence electrons. The highest BCUT2D eigenvalue weighted by Gasteiger charge is 2.20. The molecule has 1 saturated heterocycles. The first-order valence-electron chi connectivity index (χ1n) is 7.07. The third kappa shape index (κ3) is 3.23. The molecule has 3 rings (SSSR count). The van der Waals surface area contributed by atoms with Gasteiger partial charge in [0.05, 0.1) is 28.4 Å². The Bertz CT molecular complexity index is 652. The van der Waals surface area contributed by atoms with Crippen LogP contribution in [0.3, 0.4) is 0 Å². The highest BCUT2D eigenvalue weighted by atomic mass is 35.5. The van der Waals surface area contributed by atoms with E-state index in [-0.39, 0.29) is 5.69 Å². The number of anilines is 1. The Morgan fingerprint density at radius 3 is 2.59 bits per heavy atom. The average Bonchev–Trinajstić information content (AvgIpc) is 3.01. The van der Waals surface area contributed by atoms with Crippen LogP contribution in [0, 0.1) is 10.1 Å². The van der Waals surface area contributed by atoms with Crippen molar-refractivity contribution in [1.29, 1.82) is 0 Å². The second-order valence-electron chi connectivity index (χ2n) is 5.24. The standard InChI is InChI=1S/C15H16ClN3O3/c16-14-10-12(19(20)21)3-4-15(14)18-7-5-17(6-8-18)11-13-2-1-9-22-13/h1-4,9-10H,5-8,11H2. The number of benzene rings is 1. The lowest BCUT2D eigenvalue weighted by molar-refractivity contribution is -0.384. The summed E-state index contributed by atoms with van der Waals surface area (Å²) in [7, 11) is 0. The molecule has 0 aliphatic carbocycles. The monoisotopic (exact) mass is 321 g/mol. The van der Waals surface area contributed by atoms with Crippen molar-refractivity contribution < 1.29 is 9.34 Å². The first-order valence-corrected chi connectivity index (χ1v) is 7.45. The fourth-order valence-electron chi connectivity index (χ4n) is 2.64. The molecule has 1 fully saturated rings. The van der Waals surface area contributed by atoms with E-state index in [2.05, 4.69) is 9.80 Å². The van der Waals surface area contributed by atoms with E-state index in [0.717, 1.165) is 44.2 Å². The topological polar surface area (TPSA) is 62.8 Å². The molecule has 0 atom stereocenters. The lowest BCUT2D eigenvalue weighted by Gasteiger charge is -2.36. The molecule has 0 unspecified atom stereocenters. The Kier molecular flexibility index (Phi) is 4.31. The number of nitro benzene ring substituents is 1. The van der Waals surface area contributed by atoms with Crippen molar-refractivity contribution in [2.24, 2.45) is 0 Å². The maximum absolute atomic E-state index is 10.8. The maximum atomic E-state index is 10.8. The van der Waals surface area contributed by atoms with E-state index in [1.54, 1.807) is 12.3 Å². The largest absolute Gasteiger partial charge is 0.468 e. The van der Waals surface area contributed by atoms with Gasteiger partial charge in [0.2, 0.25) is 0 Å². The minimum absolute atomic E-state index is 0.0187. The zero-order chi connectivity index (χ0) is 15.5. The van der Waals surface area contributed by atoms with Crippen LogP contribution >= 0.6 is 11.6 Å². The fourth-order valence-corrected chi connectivity index (χ4v) is 2.93. The molecule has 1 aliphatic heterocycles. The number of non-ortho nitro benzene ring substituents is 1. The van der Waals surface area contributed by atoms with Gasteiger partial charge in [0.1, 0.15) is 5.76 Å². The van der Waals surface area contributed by atoms with Crippen LogP contribution in [-0.2, 0) is 6.54 Å². The van der Waals surface area contributed by atoms with Crippen molar-refractivity contribution in [3.05, 3.63) is 57.5 Å². The third-order valence-electron chi connectivity index (χ3n) is 3.81. The van der Waals surface area contributed by atoms with Crippen LogP contribution < -0.4 is 4.90 Å². The summed E-state index contributed by atoms with van der Waals surface area (Å²) in [5.74, 6) is 0.960. The number of hydrogen-bond acceptors (Lipinski definition) is 5. The van der Waals surface area contributed by atoms with Crippen LogP contribution in [0.25, 0.3) is 0 Å². The lowest BCUT2D eigenvalue weighted by Crippen LogP contribution is -2.46. The van der Waals surface area contributed by atoms with Gasteiger partial charge in [-0.2, -0.15) is 0 Å². The molecule has 0 radical (unpaired) electrons. The van der Waals surface area contributed by atoms with E-state index < -0.39 is 4.92 Å². The summed E-state index contributed by atoms with van der Waals surface area (Å²) in [6, 6.07) is 8.49. The molecule has 7 heteroatoms. The molecule has 0 amide bonds. The van der Waals surface area contributed by atoms with Crippen molar-refractivity contribution in [1.82, 2.24) is 4.90 Å². The molecule has 2 aromatic rings. The van der Waals surface area contributed by atoms with Gasteiger partial charge in [-0.3, -0.25) is 15.0 Å². The van der Waals surface area contributed by atoms with Gasteiger partial charge in [-0.25, -0.2) is 0 Å². The molecule has 22 heavy (non-hydrogen) atoms. The number of nitro groups is 1. The second-order valence-corrected chi connectivity index (χ2v) is 5.64. The number of hydrogen-bond donors (Lipinski definition) is 0. The van der Waals surface area contributed by atoms with Gasteiger partial charge in [0.15, 0.2) is 0 Å². The summed E-state index contributed by atoms with van der Waals surface area (Å²) >= 11 is 6.18. The minimum atomic E-state index is -0.434. The second kappa shape index (κ2) is 6.37. The van der Waals surface area contributed by atoms with Gasteiger partial charge in [0, 0.05) is 38.3 Å². The van der Waals surface area contributed by atoms with Crippen LogP contribution in [0.15, 0.2) is 41.0 Å². The molecule has 0 spiro atoms. The van der Waals surface area contributed by atoms with Gasteiger partial charge in [-0.05, 0) is 18.2 Å². The first kappa shape index (κ1) is 14.9. The summed E-state index contributed by atoms with van der Waals surface area (Å²) in [6.07, 6.45) is 1.68. The third-order valence-corrected chi connectivity index (χ3v) is 4.12. The summed E-state index contributed by atoms with van der Waals surface area (Å²) in [5.41, 5.74) is 0.870. The Balaban J connectivity index is 1.62. The molecular formula is C15H16ClN3O3. The van der Waals surface area contributed by atoms with Crippen LogP contribution in [0.1, 0.15) is 5.76 Å². The molecular weight excluding hydrogens is 306 g/mol. The minimum Gasteiger partial charge on any atom is -0.468 e. The number of rotatable bonds is 4. The summed E-state index contributed by atoms with van der Waals surface area (Å²) in [5, 5.41) is 11.2. The molecule has 6 nitrogen and oxygen atoms in total. The van der Waals surface area contributed by atoms with E-state index in [9.17, 15) is 10.1 Å². The number of nitrogens with zero attached hydrogens (tertiary/aromatic N) is 3. The smallest absolute Gasteiger partial charge is 0.271 e. The van der Waals surface area contributed by atoms with Gasteiger partial charge in [-0.1, -0.05) is 11.6 Å². The van der Waals surface area contributed by atoms with E-state index in [4.69, 9.17) is 16.0 Å². The summed E-state index contributed by atoms with van der Waals surface area (Å²) < 4.78 is 5.36. The predicted molar refractivity (Wildman–Crippen MR) is 84.3 cm³/mol. The molecule has 1 aliphatic rings. The highest BCUT2D eigenvalue weighted by Crippen LogP contribution is 2.30. The van der Waals surface area contributed by atoms with Crippen molar-refractivity contribution in [3.63, 3.8) is 0 Å². The molecule has 1 aromatic carbocycles. The zero-order valence-electron chi connectivity index (χ0n) is 11.9. The Morgan fingerprint density at radius 2 is 2.00 bits per heavy atom.